The molecule has 9 nitrogen and oxygen atoms in total. The molecule has 3 rings (SSSR count). The number of aromatic nitrogens is 4. The lowest BCUT2D eigenvalue weighted by atomic mass is 10.1. The molecule has 0 aliphatic carbocycles. The van der Waals surface area contributed by atoms with Crippen molar-refractivity contribution in [2.45, 2.75) is 30.4 Å². The highest BCUT2D eigenvalue weighted by molar-refractivity contribution is 8.00. The average molecular weight is 419 g/mol. The molecule has 1 N–H and O–H groups in total. The third kappa shape index (κ3) is 5.36. The van der Waals surface area contributed by atoms with Gasteiger partial charge in [0.25, 0.3) is 0 Å². The van der Waals surface area contributed by atoms with Crippen LogP contribution in [0.2, 0.25) is 0 Å². The number of thioether (sulfide) groups is 1. The van der Waals surface area contributed by atoms with Crippen LogP contribution in [0.4, 0.5) is 5.13 Å². The van der Waals surface area contributed by atoms with Crippen LogP contribution in [0.15, 0.2) is 33.0 Å². The number of ether oxygens (including phenoxy) is 1. The van der Waals surface area contributed by atoms with Crippen LogP contribution in [0.25, 0.3) is 11.5 Å². The molecule has 0 atom stereocenters. The Morgan fingerprint density at radius 1 is 1.21 bits per heavy atom. The van der Waals surface area contributed by atoms with Crippen LogP contribution in [0.3, 0.4) is 0 Å². The van der Waals surface area contributed by atoms with Crippen molar-refractivity contribution in [1.82, 2.24) is 20.4 Å². The maximum atomic E-state index is 11.7. The zero-order valence-electron chi connectivity index (χ0n) is 15.2. The van der Waals surface area contributed by atoms with E-state index in [1.165, 1.54) is 23.1 Å². The third-order valence-electron chi connectivity index (χ3n) is 3.42. The molecule has 1 amide bonds. The monoisotopic (exact) mass is 419 g/mol. The number of benzene rings is 1. The smallest absolute Gasteiger partial charge is 0.315 e. The van der Waals surface area contributed by atoms with Gasteiger partial charge in [-0.2, -0.15) is 0 Å². The fourth-order valence-corrected chi connectivity index (χ4v) is 3.79. The summed E-state index contributed by atoms with van der Waals surface area (Å²) in [6, 6.07) is 7.77. The van der Waals surface area contributed by atoms with Crippen molar-refractivity contribution in [3.8, 4) is 11.5 Å². The zero-order chi connectivity index (χ0) is 19.9. The predicted molar refractivity (Wildman–Crippen MR) is 104 cm³/mol. The van der Waals surface area contributed by atoms with E-state index in [0.717, 1.165) is 11.1 Å². The van der Waals surface area contributed by atoms with E-state index < -0.39 is 11.9 Å². The number of esters is 1. The maximum absolute atomic E-state index is 11.7. The Bertz CT molecular complexity index is 972. The summed E-state index contributed by atoms with van der Waals surface area (Å²) in [5.74, 6) is 0.278. The Labute approximate surface area is 168 Å². The molecular weight excluding hydrogens is 402 g/mol. The highest BCUT2D eigenvalue weighted by atomic mass is 32.2. The average Bonchev–Trinajstić information content (AvgIpc) is 3.30. The minimum absolute atomic E-state index is 0.229. The van der Waals surface area contributed by atoms with Gasteiger partial charge in [-0.1, -0.05) is 41.3 Å². The third-order valence-corrected chi connectivity index (χ3v) is 5.38. The van der Waals surface area contributed by atoms with Gasteiger partial charge in [-0.25, -0.2) is 0 Å². The number of aryl methyl sites for hydroxylation is 1. The molecule has 28 heavy (non-hydrogen) atoms. The van der Waals surface area contributed by atoms with Gasteiger partial charge in [-0.15, -0.1) is 20.4 Å². The second-order valence-corrected chi connectivity index (χ2v) is 7.71. The van der Waals surface area contributed by atoms with Gasteiger partial charge in [0.2, 0.25) is 22.8 Å². The van der Waals surface area contributed by atoms with Crippen LogP contribution in [-0.4, -0.2) is 38.9 Å². The predicted octanol–water partition coefficient (Wildman–Crippen LogP) is 3.08. The van der Waals surface area contributed by atoms with Crippen LogP contribution in [0, 0.1) is 6.92 Å². The Balaban J connectivity index is 1.53. The summed E-state index contributed by atoms with van der Waals surface area (Å²) in [5.41, 5.74) is 1.95. The van der Waals surface area contributed by atoms with E-state index in [2.05, 4.69) is 25.7 Å². The van der Waals surface area contributed by atoms with E-state index in [9.17, 15) is 9.59 Å². The van der Waals surface area contributed by atoms with E-state index in [1.807, 2.05) is 31.2 Å². The number of carbonyl (C=O) groups excluding carboxylic acids is 2. The molecule has 3 aromatic rings. The van der Waals surface area contributed by atoms with Crippen LogP contribution in [0.5, 0.6) is 0 Å². The molecule has 2 aromatic heterocycles. The standard InChI is InChI=1S/C17H17N5O4S2/c1-3-25-14(24)8-12(23)18-16-21-22-17(28-16)27-9-13-19-20-15(26-13)11-7-5-4-6-10(11)2/h4-7H,3,8-9H2,1-2H3,(H,18,21,23). The number of hydrogen-bond donors (Lipinski definition) is 1. The van der Waals surface area contributed by atoms with Crippen LogP contribution in [-0.2, 0) is 20.1 Å². The summed E-state index contributed by atoms with van der Waals surface area (Å²) < 4.78 is 11.1. The molecule has 0 unspecified atom stereocenters. The molecule has 0 aliphatic heterocycles. The molecule has 11 heteroatoms. The lowest BCUT2D eigenvalue weighted by Gasteiger charge is -2.00. The van der Waals surface area contributed by atoms with Crippen LogP contribution < -0.4 is 5.32 Å². The van der Waals surface area contributed by atoms with Gasteiger partial charge >= 0.3 is 5.97 Å². The number of hydrogen-bond acceptors (Lipinski definition) is 10. The topological polar surface area (TPSA) is 120 Å². The van der Waals surface area contributed by atoms with E-state index >= 15 is 0 Å². The Morgan fingerprint density at radius 3 is 2.82 bits per heavy atom. The van der Waals surface area contributed by atoms with Crippen molar-refractivity contribution in [2.24, 2.45) is 0 Å². The molecule has 0 radical (unpaired) electrons. The minimum Gasteiger partial charge on any atom is -0.466 e. The second kappa shape index (κ2) is 9.42. The first-order chi connectivity index (χ1) is 13.5. The van der Waals surface area contributed by atoms with Crippen molar-refractivity contribution in [2.75, 3.05) is 11.9 Å². The van der Waals surface area contributed by atoms with Gasteiger partial charge in [0, 0.05) is 5.56 Å². The molecule has 0 spiro atoms. The largest absolute Gasteiger partial charge is 0.466 e. The van der Waals surface area contributed by atoms with Crippen LogP contribution >= 0.6 is 23.1 Å². The molecule has 146 valence electrons. The highest BCUT2D eigenvalue weighted by Crippen LogP contribution is 2.29. The van der Waals surface area contributed by atoms with Gasteiger partial charge in [-0.3, -0.25) is 14.9 Å². The van der Waals surface area contributed by atoms with E-state index in [4.69, 9.17) is 9.15 Å². The van der Waals surface area contributed by atoms with Gasteiger partial charge < -0.3 is 9.15 Å². The number of carbonyl (C=O) groups is 2. The Kier molecular flexibility index (Phi) is 6.71. The first-order valence-corrected chi connectivity index (χ1v) is 10.2. The van der Waals surface area contributed by atoms with E-state index in [1.54, 1.807) is 6.92 Å². The normalized spacial score (nSPS) is 10.6. The molecular formula is C17H17N5O4S2. The van der Waals surface area contributed by atoms with Gasteiger partial charge in [0.05, 0.1) is 12.4 Å². The fraction of sp³-hybridized carbons (Fsp3) is 0.294. The summed E-state index contributed by atoms with van der Waals surface area (Å²) in [6.07, 6.45) is -0.362. The Hall–Kier alpha value is -2.79. The SMILES string of the molecule is CCOC(=O)CC(=O)Nc1nnc(SCc2nnc(-c3ccccc3C)o2)s1. The van der Waals surface area contributed by atoms with Crippen molar-refractivity contribution >= 4 is 40.1 Å². The number of nitrogens with zero attached hydrogens (tertiary/aromatic N) is 4. The molecule has 0 fully saturated rings. The zero-order valence-corrected chi connectivity index (χ0v) is 16.8. The maximum Gasteiger partial charge on any atom is 0.315 e. The minimum atomic E-state index is -0.583. The first-order valence-electron chi connectivity index (χ1n) is 8.35. The molecule has 0 saturated heterocycles. The second-order valence-electron chi connectivity index (χ2n) is 5.51. The van der Waals surface area contributed by atoms with Crippen molar-refractivity contribution in [3.63, 3.8) is 0 Å². The lowest BCUT2D eigenvalue weighted by molar-refractivity contribution is -0.145. The fourth-order valence-electron chi connectivity index (χ4n) is 2.18. The molecule has 0 aliphatic rings. The van der Waals surface area contributed by atoms with Gasteiger partial charge in [0.1, 0.15) is 6.42 Å². The molecule has 0 saturated carbocycles. The number of amides is 1. The highest BCUT2D eigenvalue weighted by Gasteiger charge is 2.15. The van der Waals surface area contributed by atoms with Crippen LogP contribution in [0.1, 0.15) is 24.8 Å². The van der Waals surface area contributed by atoms with Crippen molar-refractivity contribution < 1.29 is 18.7 Å². The summed E-state index contributed by atoms with van der Waals surface area (Å²) >= 11 is 2.56. The summed E-state index contributed by atoms with van der Waals surface area (Å²) in [5, 5.41) is 18.8. The van der Waals surface area contributed by atoms with Gasteiger partial charge in [-0.05, 0) is 25.5 Å². The molecule has 1 aromatic carbocycles. The molecule has 2 heterocycles. The summed E-state index contributed by atoms with van der Waals surface area (Å²) in [7, 11) is 0. The Morgan fingerprint density at radius 2 is 2.04 bits per heavy atom. The van der Waals surface area contributed by atoms with E-state index in [0.29, 0.717) is 27.0 Å². The van der Waals surface area contributed by atoms with Gasteiger partial charge in [0.15, 0.2) is 4.34 Å². The van der Waals surface area contributed by atoms with Crippen molar-refractivity contribution in [1.29, 1.82) is 0 Å². The molecule has 0 bridgehead atoms. The van der Waals surface area contributed by atoms with Crippen molar-refractivity contribution in [3.05, 3.63) is 35.7 Å². The number of anilines is 1. The summed E-state index contributed by atoms with van der Waals surface area (Å²) in [4.78, 5) is 23.0. The quantitative estimate of drug-likeness (QED) is 0.254. The first kappa shape index (κ1) is 20.0. The number of rotatable bonds is 8. The van der Waals surface area contributed by atoms with E-state index in [-0.39, 0.29) is 13.0 Å². The number of nitrogens with one attached hydrogen (secondary N) is 1. The lowest BCUT2D eigenvalue weighted by Crippen LogP contribution is -2.18. The summed E-state index contributed by atoms with van der Waals surface area (Å²) in [6.45, 7) is 3.89.